The van der Waals surface area contributed by atoms with E-state index in [4.69, 9.17) is 9.47 Å². The highest BCUT2D eigenvalue weighted by atomic mass is 16.6. The third-order valence-electron chi connectivity index (χ3n) is 5.92. The van der Waals surface area contributed by atoms with E-state index in [1.165, 1.54) is 5.57 Å². The van der Waals surface area contributed by atoms with Crippen LogP contribution in [0.4, 0.5) is 0 Å². The van der Waals surface area contributed by atoms with Crippen LogP contribution in [0.15, 0.2) is 11.1 Å². The first kappa shape index (κ1) is 15.7. The van der Waals surface area contributed by atoms with Crippen molar-refractivity contribution in [3.05, 3.63) is 11.1 Å². The molecule has 4 nitrogen and oxygen atoms in total. The molecule has 3 rings (SSSR count). The Bertz CT molecular complexity index is 529. The summed E-state index contributed by atoms with van der Waals surface area (Å²) in [4.78, 5) is 24.3. The van der Waals surface area contributed by atoms with E-state index in [9.17, 15) is 9.59 Å². The molecule has 0 bridgehead atoms. The first-order chi connectivity index (χ1) is 10.4. The number of carbonyl (C=O) groups is 2. The number of allylic oxidation sites excluding steroid dienone is 1. The van der Waals surface area contributed by atoms with E-state index in [1.807, 2.05) is 0 Å². The van der Waals surface area contributed by atoms with Crippen molar-refractivity contribution in [1.29, 1.82) is 0 Å². The molecule has 3 aliphatic rings. The van der Waals surface area contributed by atoms with Crippen LogP contribution in [0, 0.1) is 11.3 Å². The van der Waals surface area contributed by atoms with Crippen molar-refractivity contribution >= 4 is 11.8 Å². The average molecular weight is 306 g/mol. The molecule has 2 aliphatic carbocycles. The Hall–Kier alpha value is -1.16. The molecule has 2 fully saturated rings. The Morgan fingerprint density at radius 2 is 2.09 bits per heavy atom. The van der Waals surface area contributed by atoms with E-state index in [2.05, 4.69) is 13.8 Å². The molecular weight excluding hydrogens is 280 g/mol. The van der Waals surface area contributed by atoms with Gasteiger partial charge in [-0.2, -0.15) is 0 Å². The van der Waals surface area contributed by atoms with Crippen molar-refractivity contribution in [2.75, 3.05) is 13.2 Å². The molecule has 1 saturated carbocycles. The van der Waals surface area contributed by atoms with E-state index in [0.29, 0.717) is 18.9 Å². The number of fused-ring (bicyclic) bond motifs is 1. The lowest BCUT2D eigenvalue weighted by atomic mass is 9.59. The van der Waals surface area contributed by atoms with Gasteiger partial charge >= 0.3 is 5.97 Å². The van der Waals surface area contributed by atoms with E-state index in [0.717, 1.165) is 37.9 Å². The number of hydrogen-bond acceptors (Lipinski definition) is 4. The first-order valence-electron chi connectivity index (χ1n) is 8.43. The molecule has 0 amide bonds. The van der Waals surface area contributed by atoms with Gasteiger partial charge < -0.3 is 9.47 Å². The molecule has 0 aromatic heterocycles. The van der Waals surface area contributed by atoms with Crippen molar-refractivity contribution in [2.45, 2.75) is 64.9 Å². The van der Waals surface area contributed by atoms with Crippen LogP contribution in [0.3, 0.4) is 0 Å². The van der Waals surface area contributed by atoms with Crippen LogP contribution in [-0.2, 0) is 19.1 Å². The van der Waals surface area contributed by atoms with Gasteiger partial charge in [0.05, 0.1) is 25.2 Å². The molecule has 3 atom stereocenters. The van der Waals surface area contributed by atoms with Crippen molar-refractivity contribution in [1.82, 2.24) is 0 Å². The molecule has 0 N–H and O–H groups in total. The largest absolute Gasteiger partial charge is 0.466 e. The van der Waals surface area contributed by atoms with Crippen molar-refractivity contribution in [3.63, 3.8) is 0 Å². The maximum absolute atomic E-state index is 12.4. The summed E-state index contributed by atoms with van der Waals surface area (Å²) in [6.07, 6.45) is 4.75. The molecule has 1 saturated heterocycles. The Morgan fingerprint density at radius 3 is 2.73 bits per heavy atom. The highest BCUT2D eigenvalue weighted by Crippen LogP contribution is 2.55. The average Bonchev–Trinajstić information content (AvgIpc) is 3.21. The fraction of sp³-hybridized carbons (Fsp3) is 0.778. The third kappa shape index (κ3) is 2.73. The van der Waals surface area contributed by atoms with Gasteiger partial charge in [-0.25, -0.2) is 0 Å². The molecule has 1 aliphatic heterocycles. The zero-order chi connectivity index (χ0) is 16.0. The summed E-state index contributed by atoms with van der Waals surface area (Å²) in [7, 11) is 0. The van der Waals surface area contributed by atoms with Gasteiger partial charge in [-0.1, -0.05) is 12.5 Å². The maximum atomic E-state index is 12.4. The second-order valence-corrected chi connectivity index (χ2v) is 7.46. The van der Waals surface area contributed by atoms with E-state index < -0.39 is 0 Å². The van der Waals surface area contributed by atoms with E-state index in [1.54, 1.807) is 6.92 Å². The maximum Gasteiger partial charge on any atom is 0.310 e. The number of hydrogen-bond donors (Lipinski definition) is 0. The zero-order valence-electron chi connectivity index (χ0n) is 13.9. The molecule has 122 valence electrons. The van der Waals surface area contributed by atoms with Gasteiger partial charge in [0.1, 0.15) is 0 Å². The molecule has 0 aromatic rings. The molecule has 1 heterocycles. The summed E-state index contributed by atoms with van der Waals surface area (Å²) in [5, 5.41) is 0. The van der Waals surface area contributed by atoms with Crippen molar-refractivity contribution < 1.29 is 19.1 Å². The second-order valence-electron chi connectivity index (χ2n) is 7.46. The lowest BCUT2D eigenvalue weighted by molar-refractivity contribution is -0.143. The van der Waals surface area contributed by atoms with Crippen LogP contribution in [0.25, 0.3) is 0 Å². The lowest BCUT2D eigenvalue weighted by Gasteiger charge is -2.45. The molecule has 0 aromatic carbocycles. The molecule has 22 heavy (non-hydrogen) atoms. The highest BCUT2D eigenvalue weighted by Gasteiger charge is 2.52. The number of epoxide rings is 1. The number of ether oxygens (including phenoxy) is 2. The fourth-order valence-corrected chi connectivity index (χ4v) is 4.14. The molecule has 0 spiro atoms. The number of ketones is 1. The lowest BCUT2D eigenvalue weighted by Crippen LogP contribution is -2.38. The minimum absolute atomic E-state index is 0.0101. The van der Waals surface area contributed by atoms with Crippen LogP contribution in [-0.4, -0.2) is 30.6 Å². The van der Waals surface area contributed by atoms with Crippen LogP contribution < -0.4 is 0 Å². The smallest absolute Gasteiger partial charge is 0.310 e. The molecule has 4 heteroatoms. The monoisotopic (exact) mass is 306 g/mol. The van der Waals surface area contributed by atoms with Crippen LogP contribution in [0.5, 0.6) is 0 Å². The normalized spacial score (nSPS) is 37.8. The predicted octanol–water partition coefficient (Wildman–Crippen LogP) is 3.19. The minimum Gasteiger partial charge on any atom is -0.466 e. The predicted molar refractivity (Wildman–Crippen MR) is 82.3 cm³/mol. The Kier molecular flexibility index (Phi) is 3.92. The summed E-state index contributed by atoms with van der Waals surface area (Å²) in [6, 6.07) is 0. The zero-order valence-corrected chi connectivity index (χ0v) is 13.9. The molecule has 3 unspecified atom stereocenters. The fourth-order valence-electron chi connectivity index (χ4n) is 4.14. The van der Waals surface area contributed by atoms with Gasteiger partial charge in [-0.05, 0) is 50.9 Å². The molecule has 0 radical (unpaired) electrons. The summed E-state index contributed by atoms with van der Waals surface area (Å²) in [5.74, 6) is 0.334. The van der Waals surface area contributed by atoms with E-state index >= 15 is 0 Å². The summed E-state index contributed by atoms with van der Waals surface area (Å²) < 4.78 is 10.7. The van der Waals surface area contributed by atoms with E-state index in [-0.39, 0.29) is 29.2 Å². The number of carbonyl (C=O) groups excluding carboxylic acids is 2. The van der Waals surface area contributed by atoms with Crippen LogP contribution in [0.1, 0.15) is 59.3 Å². The summed E-state index contributed by atoms with van der Waals surface area (Å²) in [5.41, 5.74) is 2.02. The van der Waals surface area contributed by atoms with Crippen LogP contribution >= 0.6 is 0 Å². The first-order valence-corrected chi connectivity index (χ1v) is 8.43. The third-order valence-corrected chi connectivity index (χ3v) is 5.92. The summed E-state index contributed by atoms with van der Waals surface area (Å²) in [6.45, 7) is 7.40. The highest BCUT2D eigenvalue weighted by molar-refractivity contribution is 6.01. The quantitative estimate of drug-likeness (QED) is 0.591. The van der Waals surface area contributed by atoms with Crippen molar-refractivity contribution in [3.8, 4) is 0 Å². The van der Waals surface area contributed by atoms with Gasteiger partial charge in [0.2, 0.25) is 0 Å². The van der Waals surface area contributed by atoms with Crippen molar-refractivity contribution in [2.24, 2.45) is 11.3 Å². The van der Waals surface area contributed by atoms with Gasteiger partial charge in [-0.15, -0.1) is 0 Å². The Labute approximate surface area is 132 Å². The van der Waals surface area contributed by atoms with Gasteiger partial charge in [0, 0.05) is 12.0 Å². The standard InChI is InChI=1S/C18H26O4/c1-4-21-16(20)10-13-14-9-12(18(3)11-22-18)5-7-17(14,2)8-6-15(13)19/h12H,4-11H2,1-3H3. The van der Waals surface area contributed by atoms with Gasteiger partial charge in [0.25, 0.3) is 0 Å². The molecular formula is C18H26O4. The number of esters is 1. The van der Waals surface area contributed by atoms with Crippen LogP contribution in [0.2, 0.25) is 0 Å². The Balaban J connectivity index is 1.89. The van der Waals surface area contributed by atoms with Gasteiger partial charge in [0.15, 0.2) is 5.78 Å². The number of Topliss-reactive ketones (excluding diaryl/α,β-unsaturated/α-hetero) is 1. The Morgan fingerprint density at radius 1 is 1.36 bits per heavy atom. The second kappa shape index (κ2) is 5.48. The topological polar surface area (TPSA) is 55.9 Å². The number of rotatable bonds is 4. The minimum atomic E-state index is -0.279. The van der Waals surface area contributed by atoms with Gasteiger partial charge in [-0.3, -0.25) is 9.59 Å². The SMILES string of the molecule is CCOC(=O)CC1=C2CC(C3(C)CO3)CCC2(C)CCC1=O. The summed E-state index contributed by atoms with van der Waals surface area (Å²) >= 11 is 0.